The van der Waals surface area contributed by atoms with E-state index in [9.17, 15) is 22.4 Å². The first-order valence-electron chi connectivity index (χ1n) is 4.94. The van der Waals surface area contributed by atoms with E-state index in [0.29, 0.717) is 6.07 Å². The third kappa shape index (κ3) is 3.69. The van der Waals surface area contributed by atoms with E-state index in [1.807, 2.05) is 0 Å². The second-order valence-corrected chi connectivity index (χ2v) is 3.66. The number of esters is 1. The Morgan fingerprint density at radius 2 is 2.00 bits per heavy atom. The van der Waals surface area contributed by atoms with E-state index in [0.717, 1.165) is 19.2 Å². The first-order chi connectivity index (χ1) is 8.24. The summed E-state index contributed by atoms with van der Waals surface area (Å²) in [6, 6.07) is 0.905. The lowest BCUT2D eigenvalue weighted by atomic mass is 10.0. The minimum Gasteiger partial charge on any atom is -0.469 e. The standard InChI is InChI=1S/C11H11F4NO2/c1-18-10(17)5-9(16)6-2-7(11(13,14)15)4-8(12)3-6/h2-4,9H,5,16H2,1H3. The van der Waals surface area contributed by atoms with Crippen molar-refractivity contribution in [2.24, 2.45) is 5.73 Å². The molecule has 0 fully saturated rings. The highest BCUT2D eigenvalue weighted by atomic mass is 19.4. The molecule has 0 amide bonds. The van der Waals surface area contributed by atoms with E-state index in [4.69, 9.17) is 5.73 Å². The van der Waals surface area contributed by atoms with Crippen molar-refractivity contribution >= 4 is 5.97 Å². The van der Waals surface area contributed by atoms with Gasteiger partial charge in [0.15, 0.2) is 0 Å². The van der Waals surface area contributed by atoms with Gasteiger partial charge in [-0.05, 0) is 23.8 Å². The van der Waals surface area contributed by atoms with E-state index in [1.165, 1.54) is 0 Å². The number of hydrogen-bond acceptors (Lipinski definition) is 3. The van der Waals surface area contributed by atoms with Crippen molar-refractivity contribution in [3.05, 3.63) is 35.1 Å². The smallest absolute Gasteiger partial charge is 0.416 e. The van der Waals surface area contributed by atoms with Crippen LogP contribution in [0, 0.1) is 5.82 Å². The van der Waals surface area contributed by atoms with Gasteiger partial charge in [-0.2, -0.15) is 13.2 Å². The summed E-state index contributed by atoms with van der Waals surface area (Å²) in [5, 5.41) is 0. The number of hydrogen-bond donors (Lipinski definition) is 1. The molecular weight excluding hydrogens is 254 g/mol. The van der Waals surface area contributed by atoms with Gasteiger partial charge in [-0.1, -0.05) is 0 Å². The summed E-state index contributed by atoms with van der Waals surface area (Å²) in [4.78, 5) is 10.9. The second kappa shape index (κ2) is 5.34. The number of benzene rings is 1. The highest BCUT2D eigenvalue weighted by molar-refractivity contribution is 5.70. The van der Waals surface area contributed by atoms with Crippen molar-refractivity contribution in [3.63, 3.8) is 0 Å². The molecule has 0 saturated heterocycles. The Labute approximate surface area is 101 Å². The number of halogens is 4. The number of rotatable bonds is 3. The van der Waals surface area contributed by atoms with E-state index in [2.05, 4.69) is 4.74 Å². The molecule has 2 N–H and O–H groups in total. The van der Waals surface area contributed by atoms with Crippen LogP contribution in [0.15, 0.2) is 18.2 Å². The number of nitrogens with two attached hydrogens (primary N) is 1. The molecule has 0 heterocycles. The number of carbonyl (C=O) groups is 1. The fourth-order valence-electron chi connectivity index (χ4n) is 1.37. The van der Waals surface area contributed by atoms with Gasteiger partial charge in [0.05, 0.1) is 19.1 Å². The minimum absolute atomic E-state index is 0.104. The summed E-state index contributed by atoms with van der Waals surface area (Å²) in [6.07, 6.45) is -4.99. The lowest BCUT2D eigenvalue weighted by Crippen LogP contribution is -2.17. The van der Waals surface area contributed by atoms with Crippen LogP contribution in [0.3, 0.4) is 0 Å². The normalized spacial score (nSPS) is 13.2. The maximum atomic E-state index is 13.1. The molecule has 1 unspecified atom stereocenters. The molecule has 1 aromatic rings. The molecule has 100 valence electrons. The topological polar surface area (TPSA) is 52.3 Å². The zero-order valence-corrected chi connectivity index (χ0v) is 9.42. The molecular formula is C11H11F4NO2. The Kier molecular flexibility index (Phi) is 4.28. The van der Waals surface area contributed by atoms with Crippen LogP contribution < -0.4 is 5.73 Å². The van der Waals surface area contributed by atoms with Crippen LogP contribution in [-0.4, -0.2) is 13.1 Å². The van der Waals surface area contributed by atoms with Crippen molar-refractivity contribution in [1.82, 2.24) is 0 Å². The van der Waals surface area contributed by atoms with Gasteiger partial charge < -0.3 is 10.5 Å². The maximum Gasteiger partial charge on any atom is 0.416 e. The van der Waals surface area contributed by atoms with Gasteiger partial charge >= 0.3 is 12.1 Å². The quantitative estimate of drug-likeness (QED) is 0.674. The fraction of sp³-hybridized carbons (Fsp3) is 0.364. The van der Waals surface area contributed by atoms with E-state index >= 15 is 0 Å². The first-order valence-corrected chi connectivity index (χ1v) is 4.94. The number of carbonyl (C=O) groups excluding carboxylic acids is 1. The third-order valence-corrected chi connectivity index (χ3v) is 2.29. The Morgan fingerprint density at radius 3 is 2.50 bits per heavy atom. The second-order valence-electron chi connectivity index (χ2n) is 3.66. The zero-order chi connectivity index (χ0) is 13.9. The molecule has 0 aliphatic heterocycles. The molecule has 0 aliphatic rings. The SMILES string of the molecule is COC(=O)CC(N)c1cc(F)cc(C(F)(F)F)c1. The monoisotopic (exact) mass is 265 g/mol. The maximum absolute atomic E-state index is 13.1. The number of ether oxygens (including phenoxy) is 1. The molecule has 0 radical (unpaired) electrons. The van der Waals surface area contributed by atoms with Crippen molar-refractivity contribution in [3.8, 4) is 0 Å². The molecule has 0 aliphatic carbocycles. The van der Waals surface area contributed by atoms with E-state index in [1.54, 1.807) is 0 Å². The highest BCUT2D eigenvalue weighted by Crippen LogP contribution is 2.31. The molecule has 0 bridgehead atoms. The van der Waals surface area contributed by atoms with Crippen LogP contribution in [0.25, 0.3) is 0 Å². The molecule has 18 heavy (non-hydrogen) atoms. The Bertz CT molecular complexity index is 445. The van der Waals surface area contributed by atoms with E-state index in [-0.39, 0.29) is 12.0 Å². The van der Waals surface area contributed by atoms with Crippen molar-refractivity contribution in [1.29, 1.82) is 0 Å². The predicted molar refractivity (Wildman–Crippen MR) is 55.0 cm³/mol. The summed E-state index contributed by atoms with van der Waals surface area (Å²) >= 11 is 0. The van der Waals surface area contributed by atoms with Crippen LogP contribution >= 0.6 is 0 Å². The predicted octanol–water partition coefficient (Wildman–Crippen LogP) is 2.41. The van der Waals surface area contributed by atoms with Crippen molar-refractivity contribution in [2.75, 3.05) is 7.11 Å². The summed E-state index contributed by atoms with van der Waals surface area (Å²) < 4.78 is 54.7. The minimum atomic E-state index is -4.66. The highest BCUT2D eigenvalue weighted by Gasteiger charge is 2.32. The van der Waals surface area contributed by atoms with Crippen LogP contribution in [-0.2, 0) is 15.7 Å². The van der Waals surface area contributed by atoms with Crippen LogP contribution in [0.5, 0.6) is 0 Å². The van der Waals surface area contributed by atoms with Gasteiger partial charge in [-0.15, -0.1) is 0 Å². The molecule has 0 spiro atoms. The molecule has 3 nitrogen and oxygen atoms in total. The fourth-order valence-corrected chi connectivity index (χ4v) is 1.37. The average Bonchev–Trinajstić information content (AvgIpc) is 2.26. The first kappa shape index (κ1) is 14.4. The number of alkyl halides is 3. The molecule has 1 atom stereocenters. The molecule has 7 heteroatoms. The van der Waals surface area contributed by atoms with Gasteiger partial charge in [0.1, 0.15) is 5.82 Å². The third-order valence-electron chi connectivity index (χ3n) is 2.29. The number of methoxy groups -OCH3 is 1. The van der Waals surface area contributed by atoms with Crippen LogP contribution in [0.2, 0.25) is 0 Å². The molecule has 1 rings (SSSR count). The van der Waals surface area contributed by atoms with Crippen LogP contribution in [0.4, 0.5) is 17.6 Å². The molecule has 0 aromatic heterocycles. The van der Waals surface area contributed by atoms with Gasteiger partial charge in [-0.25, -0.2) is 4.39 Å². The zero-order valence-electron chi connectivity index (χ0n) is 9.42. The van der Waals surface area contributed by atoms with Gasteiger partial charge in [0.2, 0.25) is 0 Å². The Morgan fingerprint density at radius 1 is 1.39 bits per heavy atom. The van der Waals surface area contributed by atoms with E-state index < -0.39 is 29.6 Å². The van der Waals surface area contributed by atoms with Crippen molar-refractivity contribution in [2.45, 2.75) is 18.6 Å². The Hall–Kier alpha value is -1.63. The molecule has 0 saturated carbocycles. The largest absolute Gasteiger partial charge is 0.469 e. The summed E-state index contributed by atoms with van der Waals surface area (Å²) in [6.45, 7) is 0. The lowest BCUT2D eigenvalue weighted by Gasteiger charge is -2.14. The average molecular weight is 265 g/mol. The van der Waals surface area contributed by atoms with Crippen LogP contribution in [0.1, 0.15) is 23.6 Å². The summed E-state index contributed by atoms with van der Waals surface area (Å²) in [5.41, 5.74) is 4.27. The lowest BCUT2D eigenvalue weighted by molar-refractivity contribution is -0.141. The summed E-state index contributed by atoms with van der Waals surface area (Å²) in [7, 11) is 1.13. The van der Waals surface area contributed by atoms with Crippen molar-refractivity contribution < 1.29 is 27.1 Å². The van der Waals surface area contributed by atoms with Gasteiger partial charge in [-0.3, -0.25) is 4.79 Å². The van der Waals surface area contributed by atoms with Gasteiger partial charge in [0.25, 0.3) is 0 Å². The Balaban J connectivity index is 3.03. The molecule has 1 aromatic carbocycles. The van der Waals surface area contributed by atoms with Gasteiger partial charge in [0, 0.05) is 6.04 Å². The summed E-state index contributed by atoms with van der Waals surface area (Å²) in [5.74, 6) is -1.74.